The van der Waals surface area contributed by atoms with E-state index in [0.717, 1.165) is 45.2 Å². The van der Waals surface area contributed by atoms with E-state index in [9.17, 15) is 0 Å². The van der Waals surface area contributed by atoms with Crippen LogP contribution in [0.5, 0.6) is 0 Å². The van der Waals surface area contributed by atoms with Crippen molar-refractivity contribution in [2.75, 3.05) is 30.4 Å². The Hall–Kier alpha value is -3.19. The van der Waals surface area contributed by atoms with Crippen LogP contribution in [0.4, 0.5) is 11.6 Å². The molecular formula is C21H21N5O2. The minimum atomic E-state index is 0.265. The van der Waals surface area contributed by atoms with Crippen LogP contribution in [0.1, 0.15) is 12.5 Å². The minimum Gasteiger partial charge on any atom is -0.380 e. The van der Waals surface area contributed by atoms with Crippen molar-refractivity contribution in [1.82, 2.24) is 15.4 Å². The molecule has 28 heavy (non-hydrogen) atoms. The molecule has 0 amide bonds. The molecule has 7 nitrogen and oxygen atoms in total. The van der Waals surface area contributed by atoms with Crippen LogP contribution in [0.2, 0.25) is 0 Å². The molecule has 3 heterocycles. The van der Waals surface area contributed by atoms with E-state index in [2.05, 4.69) is 52.3 Å². The number of fused-ring (bicyclic) bond motifs is 2. The molecule has 0 radical (unpaired) electrons. The Morgan fingerprint density at radius 2 is 2.04 bits per heavy atom. The summed E-state index contributed by atoms with van der Waals surface area (Å²) in [5.74, 6) is 1.31. The van der Waals surface area contributed by atoms with Gasteiger partial charge in [-0.1, -0.05) is 17.3 Å². The Bertz CT molecular complexity index is 1190. The molecule has 1 fully saturated rings. The largest absolute Gasteiger partial charge is 0.380 e. The third-order valence-corrected chi connectivity index (χ3v) is 5.45. The summed E-state index contributed by atoms with van der Waals surface area (Å²) in [6.07, 6.45) is 1.80. The lowest BCUT2D eigenvalue weighted by molar-refractivity contribution is 0.0986. The first kappa shape index (κ1) is 16.9. The Kier molecular flexibility index (Phi) is 3.91. The first-order chi connectivity index (χ1) is 13.6. The third kappa shape index (κ3) is 2.58. The number of aromatic nitrogens is 3. The lowest BCUT2D eigenvalue weighted by Gasteiger charge is -2.34. The summed E-state index contributed by atoms with van der Waals surface area (Å²) in [4.78, 5) is 2.27. The van der Waals surface area contributed by atoms with Crippen LogP contribution >= 0.6 is 0 Å². The van der Waals surface area contributed by atoms with E-state index >= 15 is 0 Å². The molecule has 142 valence electrons. The second kappa shape index (κ2) is 6.45. The van der Waals surface area contributed by atoms with Crippen LogP contribution in [0, 0.1) is 6.92 Å². The normalized spacial score (nSPS) is 17.5. The van der Waals surface area contributed by atoms with Gasteiger partial charge in [0.25, 0.3) is 0 Å². The van der Waals surface area contributed by atoms with Crippen molar-refractivity contribution in [3.05, 3.63) is 42.1 Å². The van der Waals surface area contributed by atoms with Crippen LogP contribution in [0.3, 0.4) is 0 Å². The van der Waals surface area contributed by atoms with Crippen molar-refractivity contribution in [2.24, 2.45) is 0 Å². The topological polar surface area (TPSA) is 90.3 Å². The zero-order chi connectivity index (χ0) is 19.3. The fraction of sp³-hybridized carbons (Fsp3) is 0.286. The number of rotatable bonds is 2. The van der Waals surface area contributed by atoms with Gasteiger partial charge in [-0.25, -0.2) is 0 Å². The fourth-order valence-corrected chi connectivity index (χ4v) is 3.96. The SMILES string of the molecule is Cc1ccc2c(N)noc2c1-c1ccc2c(N3CCOC[C@@H]3C)nncc2c1. The fourth-order valence-electron chi connectivity index (χ4n) is 3.96. The maximum Gasteiger partial charge on any atom is 0.177 e. The smallest absolute Gasteiger partial charge is 0.177 e. The molecule has 1 aliphatic heterocycles. The number of nitrogens with two attached hydrogens (primary N) is 1. The van der Waals surface area contributed by atoms with E-state index in [0.29, 0.717) is 24.6 Å². The van der Waals surface area contributed by atoms with Crippen molar-refractivity contribution < 1.29 is 9.26 Å². The van der Waals surface area contributed by atoms with Crippen molar-refractivity contribution in [1.29, 1.82) is 0 Å². The van der Waals surface area contributed by atoms with Crippen LogP contribution in [-0.2, 0) is 4.74 Å². The summed E-state index contributed by atoms with van der Waals surface area (Å²) in [6.45, 7) is 6.42. The first-order valence-corrected chi connectivity index (χ1v) is 9.38. The summed E-state index contributed by atoms with van der Waals surface area (Å²) in [5.41, 5.74) is 9.80. The average Bonchev–Trinajstić information content (AvgIpc) is 3.08. The molecule has 0 bridgehead atoms. The molecule has 2 aromatic carbocycles. The molecule has 7 heteroatoms. The Balaban J connectivity index is 1.67. The van der Waals surface area contributed by atoms with Gasteiger partial charge in [0.15, 0.2) is 17.2 Å². The van der Waals surface area contributed by atoms with Gasteiger partial charge >= 0.3 is 0 Å². The van der Waals surface area contributed by atoms with Gasteiger partial charge in [-0.15, -0.1) is 5.10 Å². The van der Waals surface area contributed by atoms with Crippen molar-refractivity contribution in [3.63, 3.8) is 0 Å². The van der Waals surface area contributed by atoms with E-state index < -0.39 is 0 Å². The van der Waals surface area contributed by atoms with Gasteiger partial charge < -0.3 is 19.9 Å². The highest BCUT2D eigenvalue weighted by Crippen LogP contribution is 2.36. The molecule has 0 aliphatic carbocycles. The van der Waals surface area contributed by atoms with E-state index in [1.54, 1.807) is 6.20 Å². The van der Waals surface area contributed by atoms with Crippen LogP contribution in [-0.4, -0.2) is 41.2 Å². The summed E-state index contributed by atoms with van der Waals surface area (Å²) in [7, 11) is 0. The number of nitrogen functional groups attached to an aromatic ring is 1. The third-order valence-electron chi connectivity index (χ3n) is 5.45. The second-order valence-corrected chi connectivity index (χ2v) is 7.29. The van der Waals surface area contributed by atoms with Crippen LogP contribution in [0.25, 0.3) is 32.9 Å². The molecule has 0 unspecified atom stereocenters. The van der Waals surface area contributed by atoms with Gasteiger partial charge in [0.1, 0.15) is 0 Å². The summed E-state index contributed by atoms with van der Waals surface area (Å²) in [5, 5.41) is 15.6. The Morgan fingerprint density at radius 1 is 1.18 bits per heavy atom. The molecule has 2 aromatic heterocycles. The zero-order valence-corrected chi connectivity index (χ0v) is 15.8. The number of hydrogen-bond acceptors (Lipinski definition) is 7. The van der Waals surface area contributed by atoms with Gasteiger partial charge in [0, 0.05) is 22.9 Å². The molecule has 4 aromatic rings. The highest BCUT2D eigenvalue weighted by atomic mass is 16.5. The maximum absolute atomic E-state index is 5.94. The van der Waals surface area contributed by atoms with Crippen molar-refractivity contribution >= 4 is 33.4 Å². The van der Waals surface area contributed by atoms with Gasteiger partial charge in [-0.3, -0.25) is 0 Å². The monoisotopic (exact) mass is 375 g/mol. The number of morpholine rings is 1. The number of ether oxygens (including phenoxy) is 1. The van der Waals surface area contributed by atoms with E-state index in [-0.39, 0.29) is 6.04 Å². The number of nitrogens with zero attached hydrogens (tertiary/aromatic N) is 4. The average molecular weight is 375 g/mol. The van der Waals surface area contributed by atoms with Gasteiger partial charge in [0.05, 0.1) is 30.8 Å². The minimum absolute atomic E-state index is 0.265. The van der Waals surface area contributed by atoms with Crippen LogP contribution in [0.15, 0.2) is 41.1 Å². The van der Waals surface area contributed by atoms with E-state index in [4.69, 9.17) is 15.0 Å². The zero-order valence-electron chi connectivity index (χ0n) is 15.8. The highest BCUT2D eigenvalue weighted by Gasteiger charge is 2.23. The number of aryl methyl sites for hydroxylation is 1. The Labute approximate surface area is 162 Å². The summed E-state index contributed by atoms with van der Waals surface area (Å²) < 4.78 is 11.1. The van der Waals surface area contributed by atoms with E-state index in [1.165, 1.54) is 0 Å². The Morgan fingerprint density at radius 3 is 2.89 bits per heavy atom. The predicted octanol–water partition coefficient (Wildman–Crippen LogP) is 3.55. The van der Waals surface area contributed by atoms with Gasteiger partial charge in [-0.05, 0) is 43.2 Å². The molecule has 5 rings (SSSR count). The standard InChI is InChI=1S/C21H21N5O2/c1-12-3-5-17-19(28-25-20(17)22)18(12)14-4-6-16-15(9-14)10-23-24-21(16)26-7-8-27-11-13(26)2/h3-6,9-10,13H,7-8,11H2,1-2H3,(H2,22,25)/t13-/m0/s1. The molecule has 1 atom stereocenters. The second-order valence-electron chi connectivity index (χ2n) is 7.29. The molecule has 1 aliphatic rings. The van der Waals surface area contributed by atoms with Gasteiger partial charge in [0.2, 0.25) is 0 Å². The van der Waals surface area contributed by atoms with Crippen molar-refractivity contribution in [2.45, 2.75) is 19.9 Å². The van der Waals surface area contributed by atoms with Crippen LogP contribution < -0.4 is 10.6 Å². The summed E-state index contributed by atoms with van der Waals surface area (Å²) >= 11 is 0. The van der Waals surface area contributed by atoms with Gasteiger partial charge in [-0.2, -0.15) is 5.10 Å². The molecule has 2 N–H and O–H groups in total. The number of benzene rings is 2. The first-order valence-electron chi connectivity index (χ1n) is 9.38. The summed E-state index contributed by atoms with van der Waals surface area (Å²) in [6, 6.07) is 10.6. The number of anilines is 2. The quantitative estimate of drug-likeness (QED) is 0.573. The maximum atomic E-state index is 5.94. The molecular weight excluding hydrogens is 354 g/mol. The van der Waals surface area contributed by atoms with E-state index in [1.807, 2.05) is 12.1 Å². The molecule has 0 spiro atoms. The molecule has 0 saturated carbocycles. The van der Waals surface area contributed by atoms with Crippen molar-refractivity contribution in [3.8, 4) is 11.1 Å². The number of hydrogen-bond donors (Lipinski definition) is 1. The highest BCUT2D eigenvalue weighted by molar-refractivity contribution is 6.01. The lowest BCUT2D eigenvalue weighted by atomic mass is 9.96. The lowest BCUT2D eigenvalue weighted by Crippen LogP contribution is -2.44. The predicted molar refractivity (Wildman–Crippen MR) is 109 cm³/mol. The molecule has 1 saturated heterocycles.